The van der Waals surface area contributed by atoms with E-state index in [1.165, 1.54) is 17.4 Å². The third kappa shape index (κ3) is 3.77. The fraction of sp³-hybridized carbons (Fsp3) is 0.300. The molecule has 1 aliphatic heterocycles. The molecule has 0 radical (unpaired) electrons. The Bertz CT molecular complexity index is 1020. The summed E-state index contributed by atoms with van der Waals surface area (Å²) in [6, 6.07) is 8.91. The number of likely N-dealkylation sites (tertiary alicyclic amines) is 1. The monoisotopic (exact) mass is 404 g/mol. The van der Waals surface area contributed by atoms with Crippen LogP contribution in [0, 0.1) is 11.6 Å². The summed E-state index contributed by atoms with van der Waals surface area (Å²) in [6.45, 7) is 0.975. The molecule has 3 aromatic rings. The highest BCUT2D eigenvalue weighted by atomic mass is 32.1. The fourth-order valence-corrected chi connectivity index (χ4v) is 4.06. The van der Waals surface area contributed by atoms with Crippen LogP contribution in [0.4, 0.5) is 8.78 Å². The van der Waals surface area contributed by atoms with E-state index in [0.717, 1.165) is 28.1 Å². The summed E-state index contributed by atoms with van der Waals surface area (Å²) < 4.78 is 38.6. The van der Waals surface area contributed by atoms with Gasteiger partial charge < -0.3 is 14.4 Å². The summed E-state index contributed by atoms with van der Waals surface area (Å²) in [6.07, 6.45) is 1.25. The minimum absolute atomic E-state index is 0.0449. The van der Waals surface area contributed by atoms with Crippen LogP contribution in [0.1, 0.15) is 23.2 Å². The molecule has 1 fully saturated rings. The van der Waals surface area contributed by atoms with Crippen molar-refractivity contribution in [2.24, 2.45) is 0 Å². The molecule has 0 bridgehead atoms. The average molecular weight is 404 g/mol. The van der Waals surface area contributed by atoms with Gasteiger partial charge in [-0.15, -0.1) is 0 Å². The van der Waals surface area contributed by atoms with Crippen molar-refractivity contribution in [1.29, 1.82) is 0 Å². The number of hydrogen-bond acceptors (Lipinski definition) is 5. The highest BCUT2D eigenvalue weighted by molar-refractivity contribution is 7.20. The Morgan fingerprint density at radius 2 is 1.93 bits per heavy atom. The van der Waals surface area contributed by atoms with Crippen molar-refractivity contribution < 1.29 is 23.0 Å². The number of rotatable bonds is 4. The molecule has 0 saturated carbocycles. The molecule has 146 valence electrons. The van der Waals surface area contributed by atoms with Gasteiger partial charge in [-0.1, -0.05) is 11.3 Å². The Hall–Kier alpha value is -2.74. The largest absolute Gasteiger partial charge is 0.497 e. The lowest BCUT2D eigenvalue weighted by Gasteiger charge is -2.31. The molecule has 1 amide bonds. The van der Waals surface area contributed by atoms with Crippen molar-refractivity contribution in [3.8, 4) is 10.9 Å². The molecule has 2 heterocycles. The molecule has 0 atom stereocenters. The molecule has 1 aromatic heterocycles. The summed E-state index contributed by atoms with van der Waals surface area (Å²) in [5.74, 6) is -1.54. The van der Waals surface area contributed by atoms with E-state index in [1.807, 2.05) is 18.2 Å². The van der Waals surface area contributed by atoms with Gasteiger partial charge in [0.15, 0.2) is 11.6 Å². The molecular weight excluding hydrogens is 386 g/mol. The minimum atomic E-state index is -1.02. The number of carbonyl (C=O) groups excluding carboxylic acids is 1. The molecule has 0 aliphatic carbocycles. The number of piperidine rings is 1. The maximum Gasteiger partial charge on any atom is 0.274 e. The Morgan fingerprint density at radius 1 is 1.14 bits per heavy atom. The number of aromatic nitrogens is 1. The van der Waals surface area contributed by atoms with Gasteiger partial charge in [-0.2, -0.15) is 0 Å². The molecule has 5 nitrogen and oxygen atoms in total. The molecule has 1 saturated heterocycles. The second kappa shape index (κ2) is 7.71. The molecule has 0 spiro atoms. The van der Waals surface area contributed by atoms with Gasteiger partial charge in [0.2, 0.25) is 0 Å². The maximum atomic E-state index is 13.4. The van der Waals surface area contributed by atoms with Gasteiger partial charge in [-0.05, 0) is 30.3 Å². The number of ether oxygens (including phenoxy) is 2. The molecule has 4 rings (SSSR count). The normalized spacial score (nSPS) is 15.0. The van der Waals surface area contributed by atoms with Crippen LogP contribution in [-0.4, -0.2) is 42.1 Å². The standard InChI is InChI=1S/C20H18F2N2O3S/c1-26-14-3-5-18-17(11-14)23-20(28-18)27-13-6-8-24(9-7-13)19(25)12-2-4-15(21)16(22)10-12/h2-5,10-11,13H,6-9H2,1H3. The molecule has 28 heavy (non-hydrogen) atoms. The van der Waals surface area contributed by atoms with Gasteiger partial charge in [0.05, 0.1) is 17.3 Å². The van der Waals surface area contributed by atoms with Crippen LogP contribution in [-0.2, 0) is 0 Å². The zero-order valence-electron chi connectivity index (χ0n) is 15.2. The lowest BCUT2D eigenvalue weighted by atomic mass is 10.1. The van der Waals surface area contributed by atoms with E-state index in [0.29, 0.717) is 31.1 Å². The van der Waals surface area contributed by atoms with E-state index in [2.05, 4.69) is 4.98 Å². The first-order chi connectivity index (χ1) is 13.5. The summed E-state index contributed by atoms with van der Waals surface area (Å²) in [7, 11) is 1.61. The SMILES string of the molecule is COc1ccc2sc(OC3CCN(C(=O)c4ccc(F)c(F)c4)CC3)nc2c1. The number of fused-ring (bicyclic) bond motifs is 1. The smallest absolute Gasteiger partial charge is 0.274 e. The number of halogens is 2. The van der Waals surface area contributed by atoms with Crippen molar-refractivity contribution in [2.75, 3.05) is 20.2 Å². The van der Waals surface area contributed by atoms with Gasteiger partial charge in [0.25, 0.3) is 11.1 Å². The molecule has 0 N–H and O–H groups in total. The van der Waals surface area contributed by atoms with Gasteiger partial charge in [-0.25, -0.2) is 13.8 Å². The number of amides is 1. The lowest BCUT2D eigenvalue weighted by Crippen LogP contribution is -2.41. The molecule has 8 heteroatoms. The molecule has 1 aliphatic rings. The predicted molar refractivity (Wildman–Crippen MR) is 102 cm³/mol. The zero-order chi connectivity index (χ0) is 19.7. The number of carbonyl (C=O) groups is 1. The first-order valence-corrected chi connectivity index (χ1v) is 9.70. The number of thiazole rings is 1. The first-order valence-electron chi connectivity index (χ1n) is 8.89. The number of nitrogens with zero attached hydrogens (tertiary/aromatic N) is 2. The Morgan fingerprint density at radius 3 is 2.64 bits per heavy atom. The topological polar surface area (TPSA) is 51.7 Å². The van der Waals surface area contributed by atoms with Crippen molar-refractivity contribution in [3.05, 3.63) is 53.6 Å². The van der Waals surface area contributed by atoms with Crippen LogP contribution in [0.3, 0.4) is 0 Å². The maximum absolute atomic E-state index is 13.4. The van der Waals surface area contributed by atoms with Crippen LogP contribution >= 0.6 is 11.3 Å². The van der Waals surface area contributed by atoms with E-state index >= 15 is 0 Å². The van der Waals surface area contributed by atoms with Crippen LogP contribution in [0.5, 0.6) is 10.9 Å². The third-order valence-electron chi connectivity index (χ3n) is 4.74. The van der Waals surface area contributed by atoms with Crippen LogP contribution in [0.15, 0.2) is 36.4 Å². The predicted octanol–water partition coefficient (Wildman–Crippen LogP) is 4.27. The lowest BCUT2D eigenvalue weighted by molar-refractivity contribution is 0.0595. The van der Waals surface area contributed by atoms with Crippen molar-refractivity contribution in [3.63, 3.8) is 0 Å². The molecule has 2 aromatic carbocycles. The number of methoxy groups -OCH3 is 1. The van der Waals surface area contributed by atoms with Crippen LogP contribution in [0.25, 0.3) is 10.2 Å². The summed E-state index contributed by atoms with van der Waals surface area (Å²) >= 11 is 1.47. The molecular formula is C20H18F2N2O3S. The second-order valence-electron chi connectivity index (χ2n) is 6.55. The van der Waals surface area contributed by atoms with Crippen LogP contribution in [0.2, 0.25) is 0 Å². The minimum Gasteiger partial charge on any atom is -0.497 e. The van der Waals surface area contributed by atoms with Gasteiger partial charge in [0.1, 0.15) is 11.9 Å². The summed E-state index contributed by atoms with van der Waals surface area (Å²) in [5.41, 5.74) is 0.976. The fourth-order valence-electron chi connectivity index (χ4n) is 3.19. The summed E-state index contributed by atoms with van der Waals surface area (Å²) in [4.78, 5) is 18.6. The zero-order valence-corrected chi connectivity index (χ0v) is 16.0. The van der Waals surface area contributed by atoms with Gasteiger partial charge in [-0.3, -0.25) is 4.79 Å². The Labute approximate surface area is 164 Å². The Kier molecular flexibility index (Phi) is 5.13. The van der Waals surface area contributed by atoms with E-state index in [9.17, 15) is 13.6 Å². The van der Waals surface area contributed by atoms with Gasteiger partial charge in [0, 0.05) is 37.6 Å². The van der Waals surface area contributed by atoms with E-state index in [4.69, 9.17) is 9.47 Å². The number of benzene rings is 2. The van der Waals surface area contributed by atoms with E-state index in [1.54, 1.807) is 12.0 Å². The van der Waals surface area contributed by atoms with Gasteiger partial charge >= 0.3 is 0 Å². The van der Waals surface area contributed by atoms with E-state index in [-0.39, 0.29) is 17.6 Å². The highest BCUT2D eigenvalue weighted by Crippen LogP contribution is 2.32. The average Bonchev–Trinajstić information content (AvgIpc) is 3.11. The van der Waals surface area contributed by atoms with Crippen molar-refractivity contribution in [2.45, 2.75) is 18.9 Å². The Balaban J connectivity index is 1.37. The summed E-state index contributed by atoms with van der Waals surface area (Å²) in [5, 5.41) is 0.591. The van der Waals surface area contributed by atoms with E-state index < -0.39 is 11.6 Å². The highest BCUT2D eigenvalue weighted by Gasteiger charge is 2.26. The first kappa shape index (κ1) is 18.6. The van der Waals surface area contributed by atoms with Crippen molar-refractivity contribution >= 4 is 27.5 Å². The molecule has 0 unspecified atom stereocenters. The third-order valence-corrected chi connectivity index (χ3v) is 5.67. The second-order valence-corrected chi connectivity index (χ2v) is 7.54. The number of hydrogen-bond donors (Lipinski definition) is 0. The van der Waals surface area contributed by atoms with Crippen LogP contribution < -0.4 is 9.47 Å². The quantitative estimate of drug-likeness (QED) is 0.652. The van der Waals surface area contributed by atoms with Crippen molar-refractivity contribution in [1.82, 2.24) is 9.88 Å².